The summed E-state index contributed by atoms with van der Waals surface area (Å²) in [5, 5.41) is 17.8. The summed E-state index contributed by atoms with van der Waals surface area (Å²) in [7, 11) is 0. The molecular formula is C11H14O2. The highest BCUT2D eigenvalue weighted by molar-refractivity contribution is 5.66. The van der Waals surface area contributed by atoms with Crippen LogP contribution in [0.15, 0.2) is 30.8 Å². The zero-order valence-electron chi connectivity index (χ0n) is 7.53. The first-order valence-electron chi connectivity index (χ1n) is 4.27. The van der Waals surface area contributed by atoms with Gasteiger partial charge in [0.25, 0.3) is 0 Å². The number of benzene rings is 1. The molecule has 2 heteroatoms. The number of aliphatic hydroxyl groups excluding tert-OH is 2. The van der Waals surface area contributed by atoms with E-state index < -0.39 is 0 Å². The molecule has 1 rings (SSSR count). The molecule has 0 bridgehead atoms. The van der Waals surface area contributed by atoms with Gasteiger partial charge in [0.1, 0.15) is 0 Å². The summed E-state index contributed by atoms with van der Waals surface area (Å²) in [5.41, 5.74) is 2.67. The standard InChI is InChI=1S/C11H14O2/c1-9(6-7-12)11-5-3-2-4-10(11)8-13/h2-5,12-13H,1,6-8H2. The first-order valence-corrected chi connectivity index (χ1v) is 4.27. The van der Waals surface area contributed by atoms with E-state index in [2.05, 4.69) is 6.58 Å². The Labute approximate surface area is 78.2 Å². The Bertz CT molecular complexity index is 292. The van der Waals surface area contributed by atoms with Crippen molar-refractivity contribution in [3.05, 3.63) is 42.0 Å². The first-order chi connectivity index (χ1) is 6.29. The highest BCUT2D eigenvalue weighted by Crippen LogP contribution is 2.19. The molecule has 0 fully saturated rings. The molecule has 0 aliphatic heterocycles. The first kappa shape index (κ1) is 9.96. The third kappa shape index (κ3) is 2.41. The van der Waals surface area contributed by atoms with E-state index >= 15 is 0 Å². The zero-order chi connectivity index (χ0) is 9.68. The van der Waals surface area contributed by atoms with Crippen molar-refractivity contribution in [2.24, 2.45) is 0 Å². The third-order valence-corrected chi connectivity index (χ3v) is 1.98. The van der Waals surface area contributed by atoms with Crippen LogP contribution in [0.3, 0.4) is 0 Å². The van der Waals surface area contributed by atoms with Gasteiger partial charge in [0.05, 0.1) is 6.61 Å². The van der Waals surface area contributed by atoms with Gasteiger partial charge in [-0.25, -0.2) is 0 Å². The van der Waals surface area contributed by atoms with Gasteiger partial charge in [-0.05, 0) is 23.1 Å². The molecule has 0 heterocycles. The van der Waals surface area contributed by atoms with Crippen molar-refractivity contribution in [3.8, 4) is 0 Å². The van der Waals surface area contributed by atoms with E-state index in [1.165, 1.54) is 0 Å². The average molecular weight is 178 g/mol. The van der Waals surface area contributed by atoms with E-state index in [1.54, 1.807) is 0 Å². The van der Waals surface area contributed by atoms with Crippen molar-refractivity contribution >= 4 is 5.57 Å². The quantitative estimate of drug-likeness (QED) is 0.734. The Morgan fingerprint density at radius 2 is 1.92 bits per heavy atom. The van der Waals surface area contributed by atoms with E-state index in [-0.39, 0.29) is 13.2 Å². The molecule has 0 unspecified atom stereocenters. The number of rotatable bonds is 4. The fraction of sp³-hybridized carbons (Fsp3) is 0.273. The molecule has 0 saturated carbocycles. The van der Waals surface area contributed by atoms with Gasteiger partial charge in [0, 0.05) is 6.61 Å². The van der Waals surface area contributed by atoms with Gasteiger partial charge in [0.2, 0.25) is 0 Å². The molecule has 1 aromatic rings. The summed E-state index contributed by atoms with van der Waals surface area (Å²) in [6, 6.07) is 7.54. The molecule has 0 radical (unpaired) electrons. The van der Waals surface area contributed by atoms with Gasteiger partial charge in [-0.3, -0.25) is 0 Å². The topological polar surface area (TPSA) is 40.5 Å². The lowest BCUT2D eigenvalue weighted by Gasteiger charge is -2.08. The minimum atomic E-state index is 0.0145. The Kier molecular flexibility index (Phi) is 3.68. The van der Waals surface area contributed by atoms with Gasteiger partial charge < -0.3 is 10.2 Å². The molecule has 0 atom stereocenters. The Hall–Kier alpha value is -1.12. The van der Waals surface area contributed by atoms with Gasteiger partial charge in [-0.2, -0.15) is 0 Å². The van der Waals surface area contributed by atoms with Crippen LogP contribution in [0.5, 0.6) is 0 Å². The van der Waals surface area contributed by atoms with Crippen LogP contribution in [0.2, 0.25) is 0 Å². The van der Waals surface area contributed by atoms with Gasteiger partial charge in [-0.1, -0.05) is 30.8 Å². The fourth-order valence-corrected chi connectivity index (χ4v) is 1.27. The molecule has 0 aromatic heterocycles. The minimum absolute atomic E-state index is 0.0145. The predicted octanol–water partition coefficient (Wildman–Crippen LogP) is 1.57. The normalized spacial score (nSPS) is 10.0. The maximum atomic E-state index is 9.03. The zero-order valence-corrected chi connectivity index (χ0v) is 7.53. The summed E-state index contributed by atoms with van der Waals surface area (Å²) in [4.78, 5) is 0. The van der Waals surface area contributed by atoms with Gasteiger partial charge >= 0.3 is 0 Å². The Morgan fingerprint density at radius 1 is 1.23 bits per heavy atom. The number of hydrogen-bond donors (Lipinski definition) is 2. The molecule has 0 aliphatic carbocycles. The molecule has 13 heavy (non-hydrogen) atoms. The van der Waals surface area contributed by atoms with Crippen molar-refractivity contribution in [3.63, 3.8) is 0 Å². The van der Waals surface area contributed by atoms with Gasteiger partial charge in [0.15, 0.2) is 0 Å². The summed E-state index contributed by atoms with van der Waals surface area (Å²) < 4.78 is 0. The van der Waals surface area contributed by atoms with Crippen molar-refractivity contribution in [2.75, 3.05) is 6.61 Å². The van der Waals surface area contributed by atoms with Crippen LogP contribution in [0.1, 0.15) is 17.5 Å². The maximum absolute atomic E-state index is 9.03. The lowest BCUT2D eigenvalue weighted by Crippen LogP contribution is -1.94. The molecule has 70 valence electrons. The van der Waals surface area contributed by atoms with E-state index in [1.807, 2.05) is 24.3 Å². The highest BCUT2D eigenvalue weighted by Gasteiger charge is 2.03. The van der Waals surface area contributed by atoms with E-state index in [0.717, 1.165) is 16.7 Å². The van der Waals surface area contributed by atoms with Crippen LogP contribution < -0.4 is 0 Å². The number of aliphatic hydroxyl groups is 2. The summed E-state index contributed by atoms with van der Waals surface area (Å²) in [5.74, 6) is 0. The minimum Gasteiger partial charge on any atom is -0.396 e. The second-order valence-electron chi connectivity index (χ2n) is 2.89. The van der Waals surface area contributed by atoms with Crippen LogP contribution in [-0.2, 0) is 6.61 Å². The summed E-state index contributed by atoms with van der Waals surface area (Å²) in [6.07, 6.45) is 0.553. The van der Waals surface area contributed by atoms with Crippen LogP contribution in [-0.4, -0.2) is 16.8 Å². The average Bonchev–Trinajstić information content (AvgIpc) is 2.18. The molecule has 0 aliphatic rings. The Balaban J connectivity index is 2.92. The second kappa shape index (κ2) is 4.80. The fourth-order valence-electron chi connectivity index (χ4n) is 1.27. The molecule has 2 N–H and O–H groups in total. The van der Waals surface area contributed by atoms with Crippen molar-refractivity contribution in [1.29, 1.82) is 0 Å². The van der Waals surface area contributed by atoms with Crippen LogP contribution in [0, 0.1) is 0 Å². The molecule has 1 aromatic carbocycles. The lowest BCUT2D eigenvalue weighted by atomic mass is 9.99. The SMILES string of the molecule is C=C(CCO)c1ccccc1CO. The number of hydrogen-bond acceptors (Lipinski definition) is 2. The predicted molar refractivity (Wildman–Crippen MR) is 53.1 cm³/mol. The molecular weight excluding hydrogens is 164 g/mol. The summed E-state index contributed by atoms with van der Waals surface area (Å²) >= 11 is 0. The molecule has 0 amide bonds. The maximum Gasteiger partial charge on any atom is 0.0687 e. The molecule has 2 nitrogen and oxygen atoms in total. The van der Waals surface area contributed by atoms with E-state index in [4.69, 9.17) is 10.2 Å². The molecule has 0 saturated heterocycles. The van der Waals surface area contributed by atoms with Crippen molar-refractivity contribution in [1.82, 2.24) is 0 Å². The van der Waals surface area contributed by atoms with Crippen LogP contribution >= 0.6 is 0 Å². The van der Waals surface area contributed by atoms with Crippen molar-refractivity contribution in [2.45, 2.75) is 13.0 Å². The largest absolute Gasteiger partial charge is 0.396 e. The second-order valence-corrected chi connectivity index (χ2v) is 2.89. The third-order valence-electron chi connectivity index (χ3n) is 1.98. The van der Waals surface area contributed by atoms with E-state index in [0.29, 0.717) is 6.42 Å². The smallest absolute Gasteiger partial charge is 0.0687 e. The Morgan fingerprint density at radius 3 is 2.54 bits per heavy atom. The summed E-state index contributed by atoms with van der Waals surface area (Å²) in [6.45, 7) is 3.96. The van der Waals surface area contributed by atoms with E-state index in [9.17, 15) is 0 Å². The van der Waals surface area contributed by atoms with Crippen LogP contribution in [0.25, 0.3) is 5.57 Å². The van der Waals surface area contributed by atoms with Gasteiger partial charge in [-0.15, -0.1) is 0 Å². The highest BCUT2D eigenvalue weighted by atomic mass is 16.3. The molecule has 0 spiro atoms. The monoisotopic (exact) mass is 178 g/mol. The van der Waals surface area contributed by atoms with Crippen LogP contribution in [0.4, 0.5) is 0 Å². The van der Waals surface area contributed by atoms with Crippen molar-refractivity contribution < 1.29 is 10.2 Å². The lowest BCUT2D eigenvalue weighted by molar-refractivity contribution is 0.281.